The minimum absolute atomic E-state index is 0.0152. The summed E-state index contributed by atoms with van der Waals surface area (Å²) < 4.78 is 31.0. The third-order valence-electron chi connectivity index (χ3n) is 7.86. The Bertz CT molecular complexity index is 1150. The highest BCUT2D eigenvalue weighted by Crippen LogP contribution is 2.64. The Hall–Kier alpha value is -1.77. The minimum Gasteiger partial charge on any atom is -0.508 e. The zero-order valence-corrected chi connectivity index (χ0v) is 20.0. The van der Waals surface area contributed by atoms with Crippen LogP contribution in [0.3, 0.4) is 0 Å². The number of phenols is 2. The van der Waals surface area contributed by atoms with Crippen molar-refractivity contribution in [1.29, 1.82) is 0 Å². The number of aromatic hydroxyl groups is 2. The number of phenolic OH excluding ortho intramolecular Hbond substituents is 2. The molecule has 3 aliphatic rings. The van der Waals surface area contributed by atoms with E-state index in [0.717, 1.165) is 17.2 Å². The van der Waals surface area contributed by atoms with Crippen molar-refractivity contribution in [1.82, 2.24) is 0 Å². The number of carbonyl (C=O) groups is 1. The van der Waals surface area contributed by atoms with Gasteiger partial charge in [-0.1, -0.05) is 19.9 Å². The summed E-state index contributed by atoms with van der Waals surface area (Å²) in [5, 5.41) is 21.7. The highest BCUT2D eigenvalue weighted by Gasteiger charge is 2.65. The van der Waals surface area contributed by atoms with Crippen molar-refractivity contribution in [3.8, 4) is 11.5 Å². The topological polar surface area (TPSA) is 112 Å². The first-order valence-electron chi connectivity index (χ1n) is 11.0. The third-order valence-corrected chi connectivity index (χ3v) is 10.1. The zero-order valence-electron chi connectivity index (χ0n) is 18.4. The lowest BCUT2D eigenvalue weighted by atomic mass is 9.70. The average Bonchev–Trinajstić information content (AvgIpc) is 3.35. The van der Waals surface area contributed by atoms with Gasteiger partial charge >= 0.3 is 0 Å². The molecule has 8 heteroatoms. The van der Waals surface area contributed by atoms with Gasteiger partial charge in [0.2, 0.25) is 0 Å². The Balaban J connectivity index is 0.000000155. The molecule has 3 unspecified atom stereocenters. The molecule has 2 aliphatic carbocycles. The van der Waals surface area contributed by atoms with Crippen LogP contribution in [-0.2, 0) is 14.9 Å². The summed E-state index contributed by atoms with van der Waals surface area (Å²) in [5.41, 5.74) is 0.113. The Morgan fingerprint density at radius 3 is 2.41 bits per heavy atom. The quantitative estimate of drug-likeness (QED) is 0.527. The normalized spacial score (nSPS) is 28.7. The van der Waals surface area contributed by atoms with E-state index in [1.54, 1.807) is 24.3 Å². The van der Waals surface area contributed by atoms with E-state index in [1.807, 2.05) is 31.7 Å². The van der Waals surface area contributed by atoms with Gasteiger partial charge in [-0.15, -0.1) is 0 Å². The van der Waals surface area contributed by atoms with Gasteiger partial charge < -0.3 is 10.2 Å². The van der Waals surface area contributed by atoms with Gasteiger partial charge in [-0.3, -0.25) is 9.35 Å². The molecule has 2 saturated carbocycles. The average molecular weight is 479 g/mol. The molecule has 1 aliphatic heterocycles. The molecule has 3 N–H and O–H groups in total. The number of Topliss-reactive ketones (excluding diaryl/α,β-unsaturated/α-hetero) is 1. The van der Waals surface area contributed by atoms with Crippen molar-refractivity contribution >= 4 is 38.4 Å². The van der Waals surface area contributed by atoms with Gasteiger partial charge in [0.25, 0.3) is 10.1 Å². The maximum Gasteiger partial charge on any atom is 0.265 e. The van der Waals surface area contributed by atoms with Crippen LogP contribution in [0.15, 0.2) is 30.3 Å². The zero-order chi connectivity index (χ0) is 23.3. The Kier molecular flexibility index (Phi) is 6.01. The van der Waals surface area contributed by atoms with E-state index in [1.165, 1.54) is 24.2 Å². The summed E-state index contributed by atoms with van der Waals surface area (Å²) in [5.74, 6) is 1.64. The molecule has 3 atom stereocenters. The molecule has 1 heterocycles. The molecule has 32 heavy (non-hydrogen) atoms. The van der Waals surface area contributed by atoms with Crippen LogP contribution in [-0.4, -0.2) is 40.5 Å². The third kappa shape index (κ3) is 4.01. The summed E-state index contributed by atoms with van der Waals surface area (Å²) >= 11 is 1.96. The van der Waals surface area contributed by atoms with Gasteiger partial charge in [-0.25, -0.2) is 0 Å². The van der Waals surface area contributed by atoms with Crippen LogP contribution < -0.4 is 0 Å². The molecule has 2 aromatic carbocycles. The fourth-order valence-corrected chi connectivity index (χ4v) is 8.50. The lowest BCUT2D eigenvalue weighted by Crippen LogP contribution is -2.42. The van der Waals surface area contributed by atoms with Crippen LogP contribution in [0.1, 0.15) is 56.8 Å². The molecular formula is C24H30O6S2. The summed E-state index contributed by atoms with van der Waals surface area (Å²) in [6.45, 7) is 3.89. The second-order valence-electron chi connectivity index (χ2n) is 9.80. The van der Waals surface area contributed by atoms with Crippen LogP contribution in [0.4, 0.5) is 0 Å². The summed E-state index contributed by atoms with van der Waals surface area (Å²) in [6, 6.07) is 8.90. The number of fused-ring (bicyclic) bond motifs is 3. The number of carbonyl (C=O) groups excluding carboxylic acids is 1. The number of hydrogen-bond donors (Lipinski definition) is 3. The molecule has 3 fully saturated rings. The molecule has 1 saturated heterocycles. The van der Waals surface area contributed by atoms with Gasteiger partial charge in [0.05, 0.1) is 11.2 Å². The summed E-state index contributed by atoms with van der Waals surface area (Å²) in [4.78, 5) is 11.9. The molecular weight excluding hydrogens is 448 g/mol. The molecule has 0 spiro atoms. The van der Waals surface area contributed by atoms with E-state index in [-0.39, 0.29) is 28.6 Å². The van der Waals surface area contributed by atoms with Crippen LogP contribution in [0, 0.1) is 16.7 Å². The van der Waals surface area contributed by atoms with Crippen molar-refractivity contribution in [2.24, 2.45) is 16.7 Å². The van der Waals surface area contributed by atoms with Gasteiger partial charge in [0, 0.05) is 17.1 Å². The Labute approximate surface area is 193 Å². The van der Waals surface area contributed by atoms with Crippen LogP contribution >= 0.6 is 11.8 Å². The smallest absolute Gasteiger partial charge is 0.265 e. The molecule has 0 amide bonds. The second-order valence-corrected chi connectivity index (χ2v) is 12.6. The van der Waals surface area contributed by atoms with E-state index in [0.29, 0.717) is 18.1 Å². The first-order chi connectivity index (χ1) is 14.9. The largest absolute Gasteiger partial charge is 0.508 e. The first kappa shape index (κ1) is 23.4. The van der Waals surface area contributed by atoms with Gasteiger partial charge in [0.1, 0.15) is 17.3 Å². The van der Waals surface area contributed by atoms with Crippen molar-refractivity contribution in [3.63, 3.8) is 0 Å². The van der Waals surface area contributed by atoms with E-state index in [4.69, 9.17) is 4.55 Å². The lowest BCUT2D eigenvalue weighted by molar-refractivity contribution is -0.128. The fourth-order valence-electron chi connectivity index (χ4n) is 5.87. The van der Waals surface area contributed by atoms with Gasteiger partial charge in [-0.2, -0.15) is 20.2 Å². The number of ketones is 1. The highest BCUT2D eigenvalue weighted by molar-refractivity contribution is 7.99. The van der Waals surface area contributed by atoms with Crippen molar-refractivity contribution in [3.05, 3.63) is 35.9 Å². The van der Waals surface area contributed by atoms with E-state index in [2.05, 4.69) is 0 Å². The Morgan fingerprint density at radius 2 is 1.84 bits per heavy atom. The van der Waals surface area contributed by atoms with Crippen molar-refractivity contribution < 1.29 is 28.0 Å². The molecule has 5 rings (SSSR count). The molecule has 6 nitrogen and oxygen atoms in total. The van der Waals surface area contributed by atoms with Crippen LogP contribution in [0.2, 0.25) is 0 Å². The standard InChI is InChI=1S/C14H14O2S.C10H16O4S/c15-9-3-4-10-12(8-9)11(5-6-13(10)16)14-2-1-7-17-14;1-9(2)7-3-4-10(9,8(11)5-7)6-15(12,13)14/h3-6,8,14-16H,1-2,7H2;7H,3-6H2,1-2H3,(H,12,13,14). The summed E-state index contributed by atoms with van der Waals surface area (Å²) in [6.07, 6.45) is 4.40. The number of hydrogen-bond acceptors (Lipinski definition) is 6. The Morgan fingerprint density at radius 1 is 1.09 bits per heavy atom. The second kappa shape index (κ2) is 8.22. The molecule has 0 radical (unpaired) electrons. The number of benzene rings is 2. The molecule has 2 bridgehead atoms. The van der Waals surface area contributed by atoms with Crippen molar-refractivity contribution in [2.45, 2.75) is 51.2 Å². The van der Waals surface area contributed by atoms with Crippen LogP contribution in [0.5, 0.6) is 11.5 Å². The highest BCUT2D eigenvalue weighted by atomic mass is 32.2. The van der Waals surface area contributed by atoms with Crippen molar-refractivity contribution in [2.75, 3.05) is 11.5 Å². The number of rotatable bonds is 3. The molecule has 174 valence electrons. The lowest BCUT2D eigenvalue weighted by Gasteiger charge is -2.35. The first-order valence-corrected chi connectivity index (χ1v) is 13.6. The predicted octanol–water partition coefficient (Wildman–Crippen LogP) is 5.09. The maximum atomic E-state index is 11.9. The van der Waals surface area contributed by atoms with Gasteiger partial charge in [0.15, 0.2) is 0 Å². The van der Waals surface area contributed by atoms with E-state index < -0.39 is 21.3 Å². The van der Waals surface area contributed by atoms with Crippen LogP contribution in [0.25, 0.3) is 10.8 Å². The summed E-state index contributed by atoms with van der Waals surface area (Å²) in [7, 11) is -4.08. The monoisotopic (exact) mass is 478 g/mol. The fraction of sp³-hybridized carbons (Fsp3) is 0.542. The van der Waals surface area contributed by atoms with E-state index >= 15 is 0 Å². The predicted molar refractivity (Wildman–Crippen MR) is 127 cm³/mol. The van der Waals surface area contributed by atoms with E-state index in [9.17, 15) is 23.4 Å². The molecule has 2 aromatic rings. The molecule has 0 aromatic heterocycles. The SMILES string of the molecule is CC1(C)C2CCC1(CS(=O)(=O)O)C(=O)C2.Oc1ccc2c(O)ccc(C3CCCS3)c2c1. The maximum absolute atomic E-state index is 11.9. The minimum atomic E-state index is -4.08. The number of thioether (sulfide) groups is 1. The van der Waals surface area contributed by atoms with Gasteiger partial charge in [-0.05, 0) is 78.0 Å².